The van der Waals surface area contributed by atoms with Crippen LogP contribution in [-0.4, -0.2) is 45.4 Å². The summed E-state index contributed by atoms with van der Waals surface area (Å²) in [4.78, 5) is 35.3. The Kier molecular flexibility index (Phi) is 6.82. The minimum Gasteiger partial charge on any atom is -0.481 e. The molecule has 3 N–H and O–H groups in total. The van der Waals surface area contributed by atoms with Crippen LogP contribution in [0.4, 0.5) is 0 Å². The molecule has 0 amide bonds. The van der Waals surface area contributed by atoms with Crippen molar-refractivity contribution in [3.8, 4) is 0 Å². The van der Waals surface area contributed by atoms with Gasteiger partial charge >= 0.3 is 17.9 Å². The van der Waals surface area contributed by atoms with Crippen LogP contribution in [0, 0.1) is 11.3 Å². The maximum absolute atomic E-state index is 12.3. The highest BCUT2D eigenvalue weighted by molar-refractivity contribution is 5.93. The predicted molar refractivity (Wildman–Crippen MR) is 73.7 cm³/mol. The highest BCUT2D eigenvalue weighted by Crippen LogP contribution is 2.45. The molecule has 0 saturated carbocycles. The van der Waals surface area contributed by atoms with Gasteiger partial charge in [-0.05, 0) is 26.2 Å². The first-order valence-corrected chi connectivity index (χ1v) is 7.05. The quantitative estimate of drug-likeness (QED) is 0.548. The van der Waals surface area contributed by atoms with Gasteiger partial charge in [0, 0.05) is 0 Å². The van der Waals surface area contributed by atoms with E-state index in [0.717, 1.165) is 0 Å². The maximum atomic E-state index is 12.3. The average Bonchev–Trinajstić information content (AvgIpc) is 2.41. The number of rotatable bonds is 9. The molecule has 7 heteroatoms. The van der Waals surface area contributed by atoms with Gasteiger partial charge in [0.15, 0.2) is 5.60 Å². The first kappa shape index (κ1) is 19.4. The highest BCUT2D eigenvalue weighted by atomic mass is 16.5. The summed E-state index contributed by atoms with van der Waals surface area (Å²) in [5, 5.41) is 29.5. The van der Waals surface area contributed by atoms with Crippen LogP contribution in [0.3, 0.4) is 0 Å². The van der Waals surface area contributed by atoms with E-state index in [-0.39, 0.29) is 25.9 Å². The second-order valence-corrected chi connectivity index (χ2v) is 4.88. The van der Waals surface area contributed by atoms with Gasteiger partial charge in [-0.15, -0.1) is 0 Å². The third-order valence-electron chi connectivity index (χ3n) is 4.14. The second-order valence-electron chi connectivity index (χ2n) is 4.88. The molecule has 0 aromatic rings. The Labute approximate surface area is 123 Å². The molecule has 0 radical (unpaired) electrons. The fourth-order valence-corrected chi connectivity index (χ4v) is 2.84. The Morgan fingerprint density at radius 1 is 1.05 bits per heavy atom. The molecule has 122 valence electrons. The zero-order valence-electron chi connectivity index (χ0n) is 12.9. The molecule has 2 unspecified atom stereocenters. The van der Waals surface area contributed by atoms with Gasteiger partial charge in [0.05, 0.1) is 12.5 Å². The van der Waals surface area contributed by atoms with Crippen LogP contribution >= 0.6 is 0 Å². The van der Waals surface area contributed by atoms with Crippen LogP contribution < -0.4 is 0 Å². The summed E-state index contributed by atoms with van der Waals surface area (Å²) in [5.74, 6) is -5.69. The lowest BCUT2D eigenvalue weighted by Gasteiger charge is -2.44. The van der Waals surface area contributed by atoms with E-state index in [2.05, 4.69) is 0 Å². The van der Waals surface area contributed by atoms with E-state index in [1.165, 1.54) is 20.8 Å². The third kappa shape index (κ3) is 3.02. The van der Waals surface area contributed by atoms with Gasteiger partial charge < -0.3 is 20.1 Å². The predicted octanol–water partition coefficient (Wildman–Crippen LogP) is 1.28. The monoisotopic (exact) mass is 304 g/mol. The Hall–Kier alpha value is -1.63. The van der Waals surface area contributed by atoms with E-state index in [0.29, 0.717) is 0 Å². The Morgan fingerprint density at radius 3 is 1.76 bits per heavy atom. The van der Waals surface area contributed by atoms with Crippen LogP contribution in [0.1, 0.15) is 47.0 Å². The summed E-state index contributed by atoms with van der Waals surface area (Å²) in [7, 11) is 0. The lowest BCUT2D eigenvalue weighted by atomic mass is 9.61. The molecule has 0 bridgehead atoms. The minimum atomic E-state index is -2.73. The van der Waals surface area contributed by atoms with Crippen molar-refractivity contribution in [3.63, 3.8) is 0 Å². The van der Waals surface area contributed by atoms with E-state index in [4.69, 9.17) is 4.74 Å². The van der Waals surface area contributed by atoms with E-state index < -0.39 is 34.8 Å². The number of aliphatic carboxylic acids is 2. The molecule has 0 spiro atoms. The van der Waals surface area contributed by atoms with Crippen LogP contribution in [-0.2, 0) is 19.1 Å². The number of carbonyl (C=O) groups excluding carboxylic acids is 1. The molecule has 0 rings (SSSR count). The number of hydrogen-bond donors (Lipinski definition) is 3. The van der Waals surface area contributed by atoms with Crippen molar-refractivity contribution in [3.05, 3.63) is 0 Å². The lowest BCUT2D eigenvalue weighted by molar-refractivity contribution is -0.208. The van der Waals surface area contributed by atoms with Crippen molar-refractivity contribution < 1.29 is 34.4 Å². The molecule has 0 aromatic heterocycles. The summed E-state index contributed by atoms with van der Waals surface area (Å²) in [6.07, 6.45) is -0.219. The van der Waals surface area contributed by atoms with Crippen molar-refractivity contribution in [1.29, 1.82) is 0 Å². The maximum Gasteiger partial charge on any atom is 0.337 e. The molecule has 0 aromatic carbocycles. The van der Waals surface area contributed by atoms with Crippen molar-refractivity contribution in [2.24, 2.45) is 11.3 Å². The number of aliphatic hydroxyl groups is 1. The number of esters is 1. The number of hydrogen-bond acceptors (Lipinski definition) is 5. The Bertz CT molecular complexity index is 400. The fourth-order valence-electron chi connectivity index (χ4n) is 2.84. The largest absolute Gasteiger partial charge is 0.481 e. The lowest BCUT2D eigenvalue weighted by Crippen LogP contribution is -2.64. The zero-order valence-corrected chi connectivity index (χ0v) is 12.9. The topological polar surface area (TPSA) is 121 Å². The van der Waals surface area contributed by atoms with Gasteiger partial charge in [0.1, 0.15) is 5.41 Å². The summed E-state index contributed by atoms with van der Waals surface area (Å²) in [6.45, 7) is 6.09. The average molecular weight is 304 g/mol. The number of ether oxygens (including phenoxy) is 1. The molecule has 0 aliphatic carbocycles. The molecule has 21 heavy (non-hydrogen) atoms. The Balaban J connectivity index is 6.26. The Morgan fingerprint density at radius 2 is 1.52 bits per heavy atom. The van der Waals surface area contributed by atoms with Gasteiger partial charge in [-0.25, -0.2) is 4.79 Å². The first-order valence-electron chi connectivity index (χ1n) is 7.05. The van der Waals surface area contributed by atoms with E-state index >= 15 is 0 Å². The molecule has 0 fully saturated rings. The van der Waals surface area contributed by atoms with Gasteiger partial charge in [0.25, 0.3) is 0 Å². The van der Waals surface area contributed by atoms with E-state index in [1.807, 2.05) is 0 Å². The summed E-state index contributed by atoms with van der Waals surface area (Å²) < 4.78 is 4.90. The number of carboxylic acid groups (broad SMARTS) is 2. The molecular formula is C14H24O7. The van der Waals surface area contributed by atoms with Crippen LogP contribution in [0.15, 0.2) is 0 Å². The first-order chi connectivity index (χ1) is 9.69. The molecule has 0 saturated heterocycles. The van der Waals surface area contributed by atoms with E-state index in [9.17, 15) is 29.7 Å². The number of carboxylic acids is 2. The molecule has 0 aliphatic rings. The van der Waals surface area contributed by atoms with Crippen molar-refractivity contribution >= 4 is 17.9 Å². The smallest absolute Gasteiger partial charge is 0.337 e. The molecule has 0 aliphatic heterocycles. The third-order valence-corrected chi connectivity index (χ3v) is 4.14. The molecule has 2 atom stereocenters. The highest BCUT2D eigenvalue weighted by Gasteiger charge is 2.64. The van der Waals surface area contributed by atoms with Crippen molar-refractivity contribution in [2.75, 3.05) is 6.61 Å². The van der Waals surface area contributed by atoms with Crippen molar-refractivity contribution in [1.82, 2.24) is 0 Å². The normalized spacial score (nSPS) is 15.9. The van der Waals surface area contributed by atoms with Gasteiger partial charge in [-0.3, -0.25) is 9.59 Å². The van der Waals surface area contributed by atoms with Crippen LogP contribution in [0.2, 0.25) is 0 Å². The summed E-state index contributed by atoms with van der Waals surface area (Å²) in [6, 6.07) is 0. The summed E-state index contributed by atoms with van der Waals surface area (Å²) in [5.41, 5.74) is -4.54. The van der Waals surface area contributed by atoms with Gasteiger partial charge in [-0.1, -0.05) is 20.8 Å². The van der Waals surface area contributed by atoms with E-state index in [1.54, 1.807) is 6.92 Å². The van der Waals surface area contributed by atoms with Crippen LogP contribution in [0.25, 0.3) is 0 Å². The van der Waals surface area contributed by atoms with Crippen LogP contribution in [0.5, 0.6) is 0 Å². The summed E-state index contributed by atoms with van der Waals surface area (Å²) >= 11 is 0. The molecule has 7 nitrogen and oxygen atoms in total. The number of carbonyl (C=O) groups is 3. The van der Waals surface area contributed by atoms with Gasteiger partial charge in [0.2, 0.25) is 0 Å². The standard InChI is InChI=1S/C14H24O7/c1-5-9(10(15)16)14(20,11(17)18)13(6-2,7-3)12(19)21-8-4/h9,20H,5-8H2,1-4H3,(H,15,16)(H,17,18). The van der Waals surface area contributed by atoms with Gasteiger partial charge in [-0.2, -0.15) is 0 Å². The molecular weight excluding hydrogens is 280 g/mol. The second kappa shape index (κ2) is 7.40. The SMILES string of the molecule is CCOC(=O)C(CC)(CC)C(O)(C(=O)O)C(CC)C(=O)O. The zero-order chi connectivity index (χ0) is 16.8. The minimum absolute atomic E-state index is 0.0140. The van der Waals surface area contributed by atoms with Crippen molar-refractivity contribution in [2.45, 2.75) is 52.6 Å². The fraction of sp³-hybridized carbons (Fsp3) is 0.786. The molecule has 0 heterocycles.